The van der Waals surface area contributed by atoms with Crippen LogP contribution < -0.4 is 5.32 Å². The number of rotatable bonds is 5. The zero-order valence-electron chi connectivity index (χ0n) is 9.81. The van der Waals surface area contributed by atoms with E-state index in [0.29, 0.717) is 18.7 Å². The van der Waals surface area contributed by atoms with Gasteiger partial charge >= 0.3 is 0 Å². The van der Waals surface area contributed by atoms with Crippen LogP contribution in [0.15, 0.2) is 18.2 Å². The summed E-state index contributed by atoms with van der Waals surface area (Å²) < 4.78 is 18.6. The van der Waals surface area contributed by atoms with E-state index in [1.807, 2.05) is 13.8 Å². The fourth-order valence-electron chi connectivity index (χ4n) is 1.43. The fourth-order valence-corrected chi connectivity index (χ4v) is 1.63. The van der Waals surface area contributed by atoms with Gasteiger partial charge in [-0.3, -0.25) is 0 Å². The van der Waals surface area contributed by atoms with Crippen molar-refractivity contribution in [2.24, 2.45) is 0 Å². The van der Waals surface area contributed by atoms with Gasteiger partial charge in [-0.05, 0) is 19.9 Å². The van der Waals surface area contributed by atoms with Crippen molar-refractivity contribution >= 4 is 11.6 Å². The molecule has 16 heavy (non-hydrogen) atoms. The Kier molecular flexibility index (Phi) is 4.71. The van der Waals surface area contributed by atoms with E-state index in [0.717, 1.165) is 0 Å². The van der Waals surface area contributed by atoms with Crippen molar-refractivity contribution in [1.29, 1.82) is 0 Å². The molecule has 0 aliphatic rings. The fraction of sp³-hybridized carbons (Fsp3) is 0.500. The average Bonchev–Trinajstić information content (AvgIpc) is 2.20. The summed E-state index contributed by atoms with van der Waals surface area (Å²) >= 11 is 5.70. The smallest absolute Gasteiger partial charge is 0.146 e. The Morgan fingerprint density at radius 3 is 2.75 bits per heavy atom. The van der Waals surface area contributed by atoms with Crippen molar-refractivity contribution < 1.29 is 9.13 Å². The molecule has 0 bridgehead atoms. The van der Waals surface area contributed by atoms with E-state index < -0.39 is 0 Å². The molecule has 0 unspecified atom stereocenters. The summed E-state index contributed by atoms with van der Waals surface area (Å²) in [6.45, 7) is 5.00. The molecule has 2 nitrogen and oxygen atoms in total. The molecule has 0 spiro atoms. The number of nitrogens with one attached hydrogen (secondary N) is 1. The molecular formula is C12H17ClFNO. The second-order valence-electron chi connectivity index (χ2n) is 4.38. The first kappa shape index (κ1) is 13.4. The Balaban J connectivity index is 2.64. The summed E-state index contributed by atoms with van der Waals surface area (Å²) in [6.07, 6.45) is 0. The van der Waals surface area contributed by atoms with Gasteiger partial charge in [-0.25, -0.2) is 4.39 Å². The van der Waals surface area contributed by atoms with Crippen LogP contribution in [-0.4, -0.2) is 19.3 Å². The minimum Gasteiger partial charge on any atom is -0.383 e. The third-order valence-electron chi connectivity index (χ3n) is 2.29. The zero-order valence-corrected chi connectivity index (χ0v) is 10.6. The predicted octanol–water partition coefficient (Wildman–Crippen LogP) is 2.99. The van der Waals surface area contributed by atoms with Crippen LogP contribution in [0.5, 0.6) is 0 Å². The highest BCUT2D eigenvalue weighted by atomic mass is 35.5. The lowest BCUT2D eigenvalue weighted by atomic mass is 10.1. The van der Waals surface area contributed by atoms with Crippen LogP contribution in [0.3, 0.4) is 0 Å². The van der Waals surface area contributed by atoms with Crippen LogP contribution in [0.1, 0.15) is 19.4 Å². The maximum atomic E-state index is 13.6. The van der Waals surface area contributed by atoms with Crippen molar-refractivity contribution in [1.82, 2.24) is 5.32 Å². The number of methoxy groups -OCH3 is 1. The van der Waals surface area contributed by atoms with Crippen LogP contribution in [0.25, 0.3) is 0 Å². The zero-order chi connectivity index (χ0) is 12.2. The average molecular weight is 246 g/mol. The number of hydrogen-bond donors (Lipinski definition) is 1. The van der Waals surface area contributed by atoms with Gasteiger partial charge in [-0.2, -0.15) is 0 Å². The highest BCUT2D eigenvalue weighted by molar-refractivity contribution is 6.30. The first-order valence-corrected chi connectivity index (χ1v) is 5.51. The van der Waals surface area contributed by atoms with E-state index in [4.69, 9.17) is 16.3 Å². The third kappa shape index (κ3) is 3.74. The maximum Gasteiger partial charge on any atom is 0.146 e. The number of ether oxygens (including phenoxy) is 1. The monoisotopic (exact) mass is 245 g/mol. The highest BCUT2D eigenvalue weighted by Crippen LogP contribution is 2.18. The Bertz CT molecular complexity index is 355. The van der Waals surface area contributed by atoms with Crippen molar-refractivity contribution in [3.63, 3.8) is 0 Å². The summed E-state index contributed by atoms with van der Waals surface area (Å²) in [5.41, 5.74) is 0.375. The molecule has 0 saturated carbocycles. The van der Waals surface area contributed by atoms with E-state index in [-0.39, 0.29) is 16.4 Å². The minimum atomic E-state index is -0.357. The van der Waals surface area contributed by atoms with Gasteiger partial charge in [0.05, 0.1) is 11.6 Å². The van der Waals surface area contributed by atoms with Crippen molar-refractivity contribution in [2.75, 3.05) is 13.7 Å². The maximum absolute atomic E-state index is 13.6. The molecule has 1 N–H and O–H groups in total. The number of benzene rings is 1. The predicted molar refractivity (Wildman–Crippen MR) is 64.2 cm³/mol. The Labute approximate surface area is 101 Å². The first-order chi connectivity index (χ1) is 7.46. The Hall–Kier alpha value is -0.640. The molecule has 0 atom stereocenters. The van der Waals surface area contributed by atoms with Gasteiger partial charge in [0.1, 0.15) is 5.82 Å². The molecule has 0 heterocycles. The molecule has 1 aromatic carbocycles. The summed E-state index contributed by atoms with van der Waals surface area (Å²) in [7, 11) is 1.64. The molecule has 0 aliphatic heterocycles. The molecule has 90 valence electrons. The van der Waals surface area contributed by atoms with Gasteiger partial charge in [-0.15, -0.1) is 0 Å². The first-order valence-electron chi connectivity index (χ1n) is 5.13. The summed E-state index contributed by atoms with van der Waals surface area (Å²) in [5.74, 6) is -0.357. The normalized spacial score (nSPS) is 11.8. The lowest BCUT2D eigenvalue weighted by molar-refractivity contribution is 0.127. The quantitative estimate of drug-likeness (QED) is 0.861. The summed E-state index contributed by atoms with van der Waals surface area (Å²) in [5, 5.41) is 3.38. The SMILES string of the molecule is COCC(C)(C)NCc1cccc(Cl)c1F. The van der Waals surface area contributed by atoms with Gasteiger partial charge in [0, 0.05) is 24.8 Å². The second-order valence-corrected chi connectivity index (χ2v) is 4.79. The minimum absolute atomic E-state index is 0.156. The molecule has 0 aromatic heterocycles. The van der Waals surface area contributed by atoms with Gasteiger partial charge in [0.2, 0.25) is 0 Å². The number of hydrogen-bond acceptors (Lipinski definition) is 2. The molecule has 0 radical (unpaired) electrons. The van der Waals surface area contributed by atoms with Gasteiger partial charge in [0.15, 0.2) is 0 Å². The van der Waals surface area contributed by atoms with Crippen LogP contribution in [-0.2, 0) is 11.3 Å². The highest BCUT2D eigenvalue weighted by Gasteiger charge is 2.17. The van der Waals surface area contributed by atoms with Crippen LogP contribution in [0.4, 0.5) is 4.39 Å². The third-order valence-corrected chi connectivity index (χ3v) is 2.59. The Morgan fingerprint density at radius 2 is 2.12 bits per heavy atom. The molecule has 1 rings (SSSR count). The topological polar surface area (TPSA) is 21.3 Å². The second kappa shape index (κ2) is 5.62. The van der Waals surface area contributed by atoms with E-state index >= 15 is 0 Å². The van der Waals surface area contributed by atoms with E-state index in [1.165, 1.54) is 0 Å². The largest absolute Gasteiger partial charge is 0.383 e. The molecule has 4 heteroatoms. The molecule has 1 aromatic rings. The molecule has 0 aliphatic carbocycles. The standard InChI is InChI=1S/C12H17ClFNO/c1-12(2,8-16-3)15-7-9-5-4-6-10(13)11(9)14/h4-6,15H,7-8H2,1-3H3. The molecule has 0 saturated heterocycles. The molecule has 0 amide bonds. The molecule has 0 fully saturated rings. The lowest BCUT2D eigenvalue weighted by Crippen LogP contribution is -2.42. The Morgan fingerprint density at radius 1 is 1.44 bits per heavy atom. The molecular weight excluding hydrogens is 229 g/mol. The van der Waals surface area contributed by atoms with Crippen molar-refractivity contribution in [3.8, 4) is 0 Å². The van der Waals surface area contributed by atoms with Crippen LogP contribution >= 0.6 is 11.6 Å². The van der Waals surface area contributed by atoms with Crippen LogP contribution in [0.2, 0.25) is 5.02 Å². The van der Waals surface area contributed by atoms with E-state index in [1.54, 1.807) is 25.3 Å². The summed E-state index contributed by atoms with van der Waals surface area (Å²) in [4.78, 5) is 0. The summed E-state index contributed by atoms with van der Waals surface area (Å²) in [6, 6.07) is 5.00. The van der Waals surface area contributed by atoms with E-state index in [2.05, 4.69) is 5.32 Å². The van der Waals surface area contributed by atoms with Crippen molar-refractivity contribution in [2.45, 2.75) is 25.9 Å². The lowest BCUT2D eigenvalue weighted by Gasteiger charge is -2.25. The van der Waals surface area contributed by atoms with Crippen LogP contribution in [0, 0.1) is 5.82 Å². The van der Waals surface area contributed by atoms with Gasteiger partial charge in [0.25, 0.3) is 0 Å². The number of halogens is 2. The van der Waals surface area contributed by atoms with Gasteiger partial charge in [-0.1, -0.05) is 23.7 Å². The van der Waals surface area contributed by atoms with E-state index in [9.17, 15) is 4.39 Å². The van der Waals surface area contributed by atoms with Crippen molar-refractivity contribution in [3.05, 3.63) is 34.6 Å². The van der Waals surface area contributed by atoms with Gasteiger partial charge < -0.3 is 10.1 Å².